The van der Waals surface area contributed by atoms with Crippen LogP contribution < -0.4 is 0 Å². The van der Waals surface area contributed by atoms with Crippen LogP contribution in [0.4, 0.5) is 0 Å². The van der Waals surface area contributed by atoms with Crippen LogP contribution in [0.5, 0.6) is 0 Å². The van der Waals surface area contributed by atoms with Crippen molar-refractivity contribution in [3.63, 3.8) is 0 Å². The van der Waals surface area contributed by atoms with E-state index in [9.17, 15) is 5.11 Å². The molecule has 0 aromatic heterocycles. The van der Waals surface area contributed by atoms with Gasteiger partial charge in [-0.1, -0.05) is 13.8 Å². The number of rotatable bonds is 2. The summed E-state index contributed by atoms with van der Waals surface area (Å²) in [4.78, 5) is 0. The predicted molar refractivity (Wildman–Crippen MR) is 40.7 cm³/mol. The maximum atomic E-state index is 9.30. The summed E-state index contributed by atoms with van der Waals surface area (Å²) in [7, 11) is 0. The Balaban J connectivity index is 0.00000121. The zero-order valence-electron chi connectivity index (χ0n) is 7.45. The minimum absolute atomic E-state index is 0. The van der Waals surface area contributed by atoms with E-state index in [0.29, 0.717) is 0 Å². The molecule has 1 aliphatic heterocycles. The average Bonchev–Trinajstić information content (AvgIpc) is 2.32. The van der Waals surface area contributed by atoms with E-state index < -0.39 is 11.7 Å². The van der Waals surface area contributed by atoms with E-state index >= 15 is 0 Å². The van der Waals surface area contributed by atoms with Crippen LogP contribution in [0.25, 0.3) is 0 Å². The van der Waals surface area contributed by atoms with Crippen LogP contribution in [0.3, 0.4) is 0 Å². The Hall–Kier alpha value is 0.932. The third kappa shape index (κ3) is 2.05. The summed E-state index contributed by atoms with van der Waals surface area (Å²) in [6.45, 7) is 5.20. The molecule has 0 aromatic carbocycles. The van der Waals surface area contributed by atoms with Crippen molar-refractivity contribution >= 4 is 0 Å². The quantitative estimate of drug-likeness (QED) is 0.660. The van der Waals surface area contributed by atoms with Gasteiger partial charge in [0.2, 0.25) is 0 Å². The van der Waals surface area contributed by atoms with E-state index in [-0.39, 0.29) is 43.6 Å². The van der Waals surface area contributed by atoms with Gasteiger partial charge in [0.15, 0.2) is 0 Å². The molecule has 1 rings (SSSR count). The fourth-order valence-electron chi connectivity index (χ4n) is 1.44. The van der Waals surface area contributed by atoms with Gasteiger partial charge in [0.05, 0.1) is 12.2 Å². The zero-order valence-corrected chi connectivity index (χ0v) is 11.6. The standard InChI is InChI=1S/C8H15O3.U/c1-3-8(5-9)6(2)7(10)4-11-8;/h4,6-7,9-10H,3,5H2,1-2H3;/q-1;/t6?,7?,8-;/m1./s1. The van der Waals surface area contributed by atoms with E-state index in [1.165, 1.54) is 6.61 Å². The number of aliphatic hydroxyl groups is 2. The van der Waals surface area contributed by atoms with Crippen molar-refractivity contribution in [3.05, 3.63) is 6.61 Å². The first-order valence-corrected chi connectivity index (χ1v) is 3.96. The molecule has 1 aliphatic rings. The van der Waals surface area contributed by atoms with Gasteiger partial charge >= 0.3 is 0 Å². The molecule has 3 atom stereocenters. The topological polar surface area (TPSA) is 49.7 Å². The fourth-order valence-corrected chi connectivity index (χ4v) is 1.44. The minimum atomic E-state index is -0.542. The Morgan fingerprint density at radius 2 is 2.17 bits per heavy atom. The zero-order chi connectivity index (χ0) is 8.48. The van der Waals surface area contributed by atoms with Gasteiger partial charge in [-0.2, -0.15) is 6.61 Å². The van der Waals surface area contributed by atoms with Crippen molar-refractivity contribution in [2.24, 2.45) is 5.92 Å². The van der Waals surface area contributed by atoms with E-state index in [1.807, 2.05) is 13.8 Å². The largest absolute Gasteiger partial charge is 0.543 e. The second-order valence-corrected chi connectivity index (χ2v) is 3.11. The van der Waals surface area contributed by atoms with Crippen molar-refractivity contribution in [2.75, 3.05) is 6.61 Å². The Bertz CT molecular complexity index is 136. The summed E-state index contributed by atoms with van der Waals surface area (Å²) in [5, 5.41) is 18.4. The molecule has 1 saturated heterocycles. The van der Waals surface area contributed by atoms with Gasteiger partial charge < -0.3 is 14.9 Å². The minimum Gasteiger partial charge on any atom is -0.543 e. The number of ether oxygens (including phenoxy) is 1. The second-order valence-electron chi connectivity index (χ2n) is 3.11. The van der Waals surface area contributed by atoms with Gasteiger partial charge in [-0.05, 0) is 18.4 Å². The van der Waals surface area contributed by atoms with Gasteiger partial charge in [-0.25, -0.2) is 0 Å². The van der Waals surface area contributed by atoms with E-state index in [0.717, 1.165) is 6.42 Å². The summed E-state index contributed by atoms with van der Waals surface area (Å²) in [5.74, 6) is -0.0162. The van der Waals surface area contributed by atoms with Gasteiger partial charge in [0.25, 0.3) is 0 Å². The molecule has 0 amide bonds. The van der Waals surface area contributed by atoms with Gasteiger partial charge in [-0.15, -0.1) is 0 Å². The molecule has 12 heavy (non-hydrogen) atoms. The van der Waals surface area contributed by atoms with Crippen molar-refractivity contribution in [3.8, 4) is 0 Å². The molecule has 3 nitrogen and oxygen atoms in total. The molecule has 0 aromatic rings. The smallest absolute Gasteiger partial charge is 0.0696 e. The molecule has 4 heteroatoms. The molecular weight excluding hydrogens is 382 g/mol. The molecular formula is C8H15O3U-. The summed E-state index contributed by atoms with van der Waals surface area (Å²) in [5.41, 5.74) is -0.542. The normalized spacial score (nSPS) is 41.0. The maximum Gasteiger partial charge on any atom is 0.0696 e. The molecule has 70 valence electrons. The molecule has 0 aliphatic carbocycles. The van der Waals surface area contributed by atoms with Crippen LogP contribution in [-0.4, -0.2) is 28.5 Å². The van der Waals surface area contributed by atoms with Crippen LogP contribution in [-0.2, 0) is 4.74 Å². The summed E-state index contributed by atoms with van der Waals surface area (Å²) in [6.07, 6.45) is 0.181. The van der Waals surface area contributed by atoms with Gasteiger partial charge in [-0.3, -0.25) is 0 Å². The third-order valence-electron chi connectivity index (χ3n) is 2.65. The Kier molecular flexibility index (Phi) is 5.36. The van der Waals surface area contributed by atoms with Crippen molar-refractivity contribution in [1.82, 2.24) is 0 Å². The van der Waals surface area contributed by atoms with Gasteiger partial charge in [0, 0.05) is 31.1 Å². The number of hydrogen-bond acceptors (Lipinski definition) is 3. The first-order chi connectivity index (χ1) is 5.16. The third-order valence-corrected chi connectivity index (χ3v) is 2.65. The molecule has 0 radical (unpaired) electrons. The fraction of sp³-hybridized carbons (Fsp3) is 0.875. The van der Waals surface area contributed by atoms with Crippen molar-refractivity contribution in [1.29, 1.82) is 0 Å². The molecule has 1 fully saturated rings. The number of hydrogen-bond donors (Lipinski definition) is 2. The molecule has 1 heterocycles. The molecule has 2 N–H and O–H groups in total. The Labute approximate surface area is 96.9 Å². The van der Waals surface area contributed by atoms with Crippen LogP contribution in [0.15, 0.2) is 0 Å². The van der Waals surface area contributed by atoms with Crippen LogP contribution in [0.1, 0.15) is 20.3 Å². The summed E-state index contributed by atoms with van der Waals surface area (Å²) in [6, 6.07) is 0. The Morgan fingerprint density at radius 3 is 2.33 bits per heavy atom. The average molecular weight is 397 g/mol. The monoisotopic (exact) mass is 397 g/mol. The SMILES string of the molecule is CC[C@]1(CO)O[CH-]C(O)C1C.[U]. The van der Waals surface area contributed by atoms with Crippen LogP contribution in [0, 0.1) is 43.6 Å². The van der Waals surface area contributed by atoms with Gasteiger partial charge in [0.1, 0.15) is 0 Å². The molecule has 0 spiro atoms. The van der Waals surface area contributed by atoms with Crippen LogP contribution in [0.2, 0.25) is 0 Å². The first-order valence-electron chi connectivity index (χ1n) is 3.96. The molecule has 0 saturated carbocycles. The number of aliphatic hydroxyl groups excluding tert-OH is 2. The van der Waals surface area contributed by atoms with Crippen molar-refractivity contribution < 1.29 is 46.1 Å². The first kappa shape index (κ1) is 12.9. The second kappa shape index (κ2) is 4.97. The van der Waals surface area contributed by atoms with Crippen molar-refractivity contribution in [2.45, 2.75) is 32.0 Å². The van der Waals surface area contributed by atoms with E-state index in [2.05, 4.69) is 0 Å². The Morgan fingerprint density at radius 1 is 1.58 bits per heavy atom. The molecule has 2 unspecified atom stereocenters. The van der Waals surface area contributed by atoms with E-state index in [1.54, 1.807) is 0 Å². The van der Waals surface area contributed by atoms with E-state index in [4.69, 9.17) is 9.84 Å². The molecule has 0 bridgehead atoms. The predicted octanol–water partition coefficient (Wildman–Crippen LogP) is 0.316. The van der Waals surface area contributed by atoms with Crippen LogP contribution >= 0.6 is 0 Å². The summed E-state index contributed by atoms with van der Waals surface area (Å²) >= 11 is 0. The summed E-state index contributed by atoms with van der Waals surface area (Å²) < 4.78 is 5.24. The maximum absolute atomic E-state index is 9.30.